The zero-order valence-electron chi connectivity index (χ0n) is 10.4. The van der Waals surface area contributed by atoms with Gasteiger partial charge in [-0.15, -0.1) is 11.3 Å². The third-order valence-electron chi connectivity index (χ3n) is 2.53. The van der Waals surface area contributed by atoms with Gasteiger partial charge in [-0.3, -0.25) is 4.79 Å². The highest BCUT2D eigenvalue weighted by molar-refractivity contribution is 7.21. The molecule has 2 N–H and O–H groups in total. The summed E-state index contributed by atoms with van der Waals surface area (Å²) in [5.74, 6) is 0.884. The van der Waals surface area contributed by atoms with Gasteiger partial charge in [-0.2, -0.15) is 0 Å². The number of rotatable bonds is 5. The van der Waals surface area contributed by atoms with Crippen LogP contribution in [0.5, 0.6) is 11.5 Å². The summed E-state index contributed by atoms with van der Waals surface area (Å²) in [5.41, 5.74) is 5.38. The van der Waals surface area contributed by atoms with E-state index in [4.69, 9.17) is 15.2 Å². The minimum atomic E-state index is -0.457. The molecule has 1 amide bonds. The largest absolute Gasteiger partial charge is 0.497 e. The monoisotopic (exact) mass is 265 g/mol. The third kappa shape index (κ3) is 2.26. The lowest BCUT2D eigenvalue weighted by Crippen LogP contribution is -2.10. The van der Waals surface area contributed by atoms with Gasteiger partial charge >= 0.3 is 0 Å². The molecule has 0 fully saturated rings. The predicted octanol–water partition coefficient (Wildman–Crippen LogP) is 2.80. The molecule has 1 aromatic heterocycles. The quantitative estimate of drug-likeness (QED) is 0.904. The maximum absolute atomic E-state index is 11.4. The van der Waals surface area contributed by atoms with Crippen molar-refractivity contribution < 1.29 is 14.3 Å². The van der Waals surface area contributed by atoms with Crippen molar-refractivity contribution in [2.45, 2.75) is 13.3 Å². The average molecular weight is 265 g/mol. The fraction of sp³-hybridized carbons (Fsp3) is 0.308. The summed E-state index contributed by atoms with van der Waals surface area (Å²) in [6.07, 6.45) is 0.881. The van der Waals surface area contributed by atoms with Gasteiger partial charge in [0, 0.05) is 10.1 Å². The molecule has 1 heterocycles. The van der Waals surface area contributed by atoms with Gasteiger partial charge in [0.1, 0.15) is 10.6 Å². The van der Waals surface area contributed by atoms with E-state index in [0.717, 1.165) is 22.3 Å². The molecular formula is C13H15NO3S. The number of nitrogens with two attached hydrogens (primary N) is 1. The van der Waals surface area contributed by atoms with E-state index in [1.165, 1.54) is 11.3 Å². The first-order valence-electron chi connectivity index (χ1n) is 5.70. The van der Waals surface area contributed by atoms with E-state index in [0.29, 0.717) is 17.2 Å². The number of hydrogen-bond acceptors (Lipinski definition) is 4. The lowest BCUT2D eigenvalue weighted by atomic mass is 10.2. The Balaban J connectivity index is 2.56. The Hall–Kier alpha value is -1.75. The second kappa shape index (κ2) is 5.27. The molecule has 4 nitrogen and oxygen atoms in total. The molecule has 0 aliphatic rings. The zero-order chi connectivity index (χ0) is 13.1. The highest BCUT2D eigenvalue weighted by atomic mass is 32.1. The smallest absolute Gasteiger partial charge is 0.262 e. The SMILES string of the molecule is CCCOc1c(C(N)=O)sc2cc(OC)ccc12. The fourth-order valence-electron chi connectivity index (χ4n) is 1.69. The molecule has 0 bridgehead atoms. The second-order valence-electron chi connectivity index (χ2n) is 3.84. The molecule has 96 valence electrons. The van der Waals surface area contributed by atoms with Crippen LogP contribution in [0.3, 0.4) is 0 Å². The van der Waals surface area contributed by atoms with Crippen LogP contribution in [-0.2, 0) is 0 Å². The molecule has 5 heteroatoms. The maximum Gasteiger partial charge on any atom is 0.262 e. The minimum Gasteiger partial charge on any atom is -0.497 e. The number of carbonyl (C=O) groups is 1. The highest BCUT2D eigenvalue weighted by Gasteiger charge is 2.18. The molecule has 0 aliphatic heterocycles. The number of ether oxygens (including phenoxy) is 2. The number of primary amides is 1. The standard InChI is InChI=1S/C13H15NO3S/c1-3-6-17-11-9-5-4-8(16-2)7-10(9)18-12(11)13(14)15/h4-5,7H,3,6H2,1-2H3,(H2,14,15). The van der Waals surface area contributed by atoms with Crippen molar-refractivity contribution in [1.29, 1.82) is 0 Å². The van der Waals surface area contributed by atoms with E-state index in [1.807, 2.05) is 25.1 Å². The van der Waals surface area contributed by atoms with Gasteiger partial charge < -0.3 is 15.2 Å². The number of amides is 1. The van der Waals surface area contributed by atoms with Crippen LogP contribution in [0.2, 0.25) is 0 Å². The topological polar surface area (TPSA) is 61.5 Å². The molecule has 0 spiro atoms. The lowest BCUT2D eigenvalue weighted by Gasteiger charge is -2.05. The van der Waals surface area contributed by atoms with Gasteiger partial charge in [0.25, 0.3) is 5.91 Å². The number of hydrogen-bond donors (Lipinski definition) is 1. The van der Waals surface area contributed by atoms with E-state index in [2.05, 4.69) is 0 Å². The van der Waals surface area contributed by atoms with Crippen LogP contribution in [0.1, 0.15) is 23.0 Å². The molecule has 1 aromatic carbocycles. The Morgan fingerprint density at radius 1 is 1.44 bits per heavy atom. The lowest BCUT2D eigenvalue weighted by molar-refractivity contribution is 0.100. The Morgan fingerprint density at radius 2 is 2.22 bits per heavy atom. The molecule has 0 saturated carbocycles. The number of methoxy groups -OCH3 is 1. The molecule has 0 unspecified atom stereocenters. The van der Waals surface area contributed by atoms with Crippen molar-refractivity contribution in [3.05, 3.63) is 23.1 Å². The van der Waals surface area contributed by atoms with Gasteiger partial charge in [-0.1, -0.05) is 6.92 Å². The summed E-state index contributed by atoms with van der Waals surface area (Å²) in [6, 6.07) is 5.62. The van der Waals surface area contributed by atoms with Crippen molar-refractivity contribution in [3.8, 4) is 11.5 Å². The van der Waals surface area contributed by atoms with E-state index in [1.54, 1.807) is 7.11 Å². The molecule has 0 atom stereocenters. The van der Waals surface area contributed by atoms with Crippen molar-refractivity contribution in [3.63, 3.8) is 0 Å². The second-order valence-corrected chi connectivity index (χ2v) is 4.89. The van der Waals surface area contributed by atoms with E-state index < -0.39 is 5.91 Å². The minimum absolute atomic E-state index is 0.457. The Labute approximate surface area is 109 Å². The molecule has 0 radical (unpaired) electrons. The normalized spacial score (nSPS) is 10.6. The summed E-state index contributed by atoms with van der Waals surface area (Å²) < 4.78 is 11.7. The van der Waals surface area contributed by atoms with Gasteiger partial charge in [0.05, 0.1) is 13.7 Å². The van der Waals surface area contributed by atoms with Gasteiger partial charge in [-0.05, 0) is 24.6 Å². The van der Waals surface area contributed by atoms with Crippen molar-refractivity contribution in [2.75, 3.05) is 13.7 Å². The van der Waals surface area contributed by atoms with E-state index >= 15 is 0 Å². The molecular weight excluding hydrogens is 250 g/mol. The van der Waals surface area contributed by atoms with E-state index in [9.17, 15) is 4.79 Å². The Morgan fingerprint density at radius 3 is 2.83 bits per heavy atom. The third-order valence-corrected chi connectivity index (χ3v) is 3.67. The van der Waals surface area contributed by atoms with Gasteiger partial charge in [-0.25, -0.2) is 0 Å². The number of fused-ring (bicyclic) bond motifs is 1. The first-order valence-corrected chi connectivity index (χ1v) is 6.52. The van der Waals surface area contributed by atoms with Crippen molar-refractivity contribution >= 4 is 27.3 Å². The molecule has 2 rings (SSSR count). The maximum atomic E-state index is 11.4. The number of thiophene rings is 1. The summed E-state index contributed by atoms with van der Waals surface area (Å²) in [6.45, 7) is 2.58. The Bertz CT molecular complexity index is 577. The number of carbonyl (C=O) groups excluding carboxylic acids is 1. The van der Waals surface area contributed by atoms with Crippen LogP contribution in [0.4, 0.5) is 0 Å². The van der Waals surface area contributed by atoms with E-state index in [-0.39, 0.29) is 0 Å². The molecule has 18 heavy (non-hydrogen) atoms. The summed E-state index contributed by atoms with van der Waals surface area (Å²) in [7, 11) is 1.61. The predicted molar refractivity (Wildman–Crippen MR) is 72.7 cm³/mol. The van der Waals surface area contributed by atoms with Crippen molar-refractivity contribution in [2.24, 2.45) is 5.73 Å². The van der Waals surface area contributed by atoms with Crippen LogP contribution in [0.15, 0.2) is 18.2 Å². The first kappa shape index (κ1) is 12.7. The van der Waals surface area contributed by atoms with Gasteiger partial charge in [0.15, 0.2) is 5.75 Å². The zero-order valence-corrected chi connectivity index (χ0v) is 11.2. The summed E-state index contributed by atoms with van der Waals surface area (Å²) in [4.78, 5) is 11.9. The Kier molecular flexibility index (Phi) is 3.72. The van der Waals surface area contributed by atoms with Crippen LogP contribution in [0.25, 0.3) is 10.1 Å². The summed E-state index contributed by atoms with van der Waals surface area (Å²) >= 11 is 1.33. The van der Waals surface area contributed by atoms with Crippen LogP contribution in [-0.4, -0.2) is 19.6 Å². The van der Waals surface area contributed by atoms with Crippen molar-refractivity contribution in [1.82, 2.24) is 0 Å². The number of benzene rings is 1. The molecule has 2 aromatic rings. The fourth-order valence-corrected chi connectivity index (χ4v) is 2.72. The summed E-state index contributed by atoms with van der Waals surface area (Å²) in [5, 5.41) is 0.906. The highest BCUT2D eigenvalue weighted by Crippen LogP contribution is 2.39. The molecule has 0 aliphatic carbocycles. The van der Waals surface area contributed by atoms with Crippen LogP contribution >= 0.6 is 11.3 Å². The van der Waals surface area contributed by atoms with Crippen LogP contribution < -0.4 is 15.2 Å². The first-order chi connectivity index (χ1) is 8.67. The van der Waals surface area contributed by atoms with Gasteiger partial charge in [0.2, 0.25) is 0 Å². The van der Waals surface area contributed by atoms with Crippen LogP contribution in [0, 0.1) is 0 Å². The average Bonchev–Trinajstić information content (AvgIpc) is 2.74. The molecule has 0 saturated heterocycles.